The molecule has 5 heteroatoms. The topological polar surface area (TPSA) is 64.8 Å². The Morgan fingerprint density at radius 1 is 1.33 bits per heavy atom. The lowest BCUT2D eigenvalue weighted by atomic mass is 9.93. The number of nitrogens with two attached hydrogens (primary N) is 1. The molecule has 1 amide bonds. The Labute approximate surface area is 106 Å². The van der Waals surface area contributed by atoms with Crippen LogP contribution in [0.25, 0.3) is 0 Å². The Balaban J connectivity index is 2.24. The highest BCUT2D eigenvalue weighted by atomic mass is 16.5. The Morgan fingerprint density at radius 3 is 2.50 bits per heavy atom. The predicted molar refractivity (Wildman–Crippen MR) is 68.0 cm³/mol. The number of likely N-dealkylation sites (tertiary alicyclic amines) is 1. The molecule has 1 aromatic rings. The van der Waals surface area contributed by atoms with Gasteiger partial charge in [0, 0.05) is 18.6 Å². The van der Waals surface area contributed by atoms with Gasteiger partial charge in [-0.3, -0.25) is 4.79 Å². The van der Waals surface area contributed by atoms with Crippen LogP contribution in [-0.4, -0.2) is 43.7 Å². The van der Waals surface area contributed by atoms with Crippen molar-refractivity contribution >= 4 is 5.91 Å². The molecule has 0 bridgehead atoms. The third-order valence-electron chi connectivity index (χ3n) is 3.03. The van der Waals surface area contributed by atoms with Crippen LogP contribution in [0.5, 0.6) is 11.5 Å². The van der Waals surface area contributed by atoms with Crippen LogP contribution in [0.4, 0.5) is 0 Å². The van der Waals surface area contributed by atoms with Crippen molar-refractivity contribution in [2.24, 2.45) is 5.73 Å². The molecule has 0 spiro atoms. The number of rotatable bonds is 3. The highest BCUT2D eigenvalue weighted by Crippen LogP contribution is 2.28. The molecule has 0 unspecified atom stereocenters. The van der Waals surface area contributed by atoms with Gasteiger partial charge in [0.25, 0.3) is 5.91 Å². The number of hydrogen-bond acceptors (Lipinski definition) is 4. The Kier molecular flexibility index (Phi) is 3.17. The van der Waals surface area contributed by atoms with E-state index in [9.17, 15) is 4.79 Å². The molecule has 5 nitrogen and oxygen atoms in total. The minimum absolute atomic E-state index is 0.0753. The predicted octanol–water partition coefficient (Wildman–Crippen LogP) is 0.877. The van der Waals surface area contributed by atoms with Gasteiger partial charge in [0.2, 0.25) is 0 Å². The van der Waals surface area contributed by atoms with Gasteiger partial charge in [-0.1, -0.05) is 0 Å². The number of methoxy groups -OCH3 is 2. The molecule has 2 rings (SSSR count). The van der Waals surface area contributed by atoms with Gasteiger partial charge in [-0.05, 0) is 25.1 Å². The lowest BCUT2D eigenvalue weighted by Gasteiger charge is -2.45. The number of hydrogen-bond donors (Lipinski definition) is 1. The van der Waals surface area contributed by atoms with Crippen LogP contribution in [0.3, 0.4) is 0 Å². The van der Waals surface area contributed by atoms with Crippen molar-refractivity contribution in [1.82, 2.24) is 4.90 Å². The Bertz CT molecular complexity index is 463. The summed E-state index contributed by atoms with van der Waals surface area (Å²) in [6, 6.07) is 5.18. The molecule has 0 saturated carbocycles. The number of carbonyl (C=O) groups is 1. The highest BCUT2D eigenvalue weighted by Gasteiger charge is 2.38. The van der Waals surface area contributed by atoms with E-state index in [0.29, 0.717) is 30.2 Å². The molecule has 1 aromatic carbocycles. The van der Waals surface area contributed by atoms with Gasteiger partial charge in [0.1, 0.15) is 11.5 Å². The normalized spacial score (nSPS) is 17.0. The lowest BCUT2D eigenvalue weighted by Crippen LogP contribution is -2.66. The molecular formula is C13H18N2O3. The van der Waals surface area contributed by atoms with Crippen LogP contribution in [0.15, 0.2) is 18.2 Å². The quantitative estimate of drug-likeness (QED) is 0.864. The van der Waals surface area contributed by atoms with Crippen LogP contribution in [0.1, 0.15) is 17.3 Å². The summed E-state index contributed by atoms with van der Waals surface area (Å²) in [6.07, 6.45) is 0. The second kappa shape index (κ2) is 4.49. The largest absolute Gasteiger partial charge is 0.497 e. The summed E-state index contributed by atoms with van der Waals surface area (Å²) in [5.41, 5.74) is 6.14. The monoisotopic (exact) mass is 250 g/mol. The van der Waals surface area contributed by atoms with E-state index in [2.05, 4.69) is 0 Å². The molecule has 1 heterocycles. The number of benzene rings is 1. The van der Waals surface area contributed by atoms with Crippen LogP contribution in [0, 0.1) is 0 Å². The van der Waals surface area contributed by atoms with Crippen molar-refractivity contribution in [2.45, 2.75) is 12.5 Å². The van der Waals surface area contributed by atoms with Gasteiger partial charge in [0.15, 0.2) is 0 Å². The van der Waals surface area contributed by atoms with Gasteiger partial charge in [-0.25, -0.2) is 0 Å². The average Bonchev–Trinajstić information content (AvgIpc) is 2.34. The van der Waals surface area contributed by atoms with E-state index in [-0.39, 0.29) is 11.4 Å². The summed E-state index contributed by atoms with van der Waals surface area (Å²) in [4.78, 5) is 14.0. The average molecular weight is 250 g/mol. The van der Waals surface area contributed by atoms with Crippen molar-refractivity contribution in [3.05, 3.63) is 23.8 Å². The molecule has 1 fully saturated rings. The third kappa shape index (κ3) is 2.26. The summed E-state index contributed by atoms with van der Waals surface area (Å²) in [5, 5.41) is 0. The minimum Gasteiger partial charge on any atom is -0.497 e. The summed E-state index contributed by atoms with van der Waals surface area (Å²) >= 11 is 0. The summed E-state index contributed by atoms with van der Waals surface area (Å²) in [6.45, 7) is 3.05. The number of amides is 1. The zero-order valence-corrected chi connectivity index (χ0v) is 10.9. The first-order chi connectivity index (χ1) is 8.46. The van der Waals surface area contributed by atoms with Crippen molar-refractivity contribution in [3.8, 4) is 11.5 Å². The summed E-state index contributed by atoms with van der Waals surface area (Å²) in [7, 11) is 3.11. The zero-order valence-electron chi connectivity index (χ0n) is 10.9. The van der Waals surface area contributed by atoms with E-state index in [4.69, 9.17) is 15.2 Å². The van der Waals surface area contributed by atoms with Crippen LogP contribution < -0.4 is 15.2 Å². The zero-order chi connectivity index (χ0) is 13.3. The summed E-state index contributed by atoms with van der Waals surface area (Å²) in [5.74, 6) is 1.11. The second-order valence-electron chi connectivity index (χ2n) is 4.88. The third-order valence-corrected chi connectivity index (χ3v) is 3.03. The minimum atomic E-state index is -0.276. The molecule has 98 valence electrons. The maximum Gasteiger partial charge on any atom is 0.257 e. The molecule has 0 aliphatic carbocycles. The molecule has 1 aliphatic heterocycles. The number of ether oxygens (including phenoxy) is 2. The first-order valence-electron chi connectivity index (χ1n) is 5.77. The molecule has 0 atom stereocenters. The molecule has 1 saturated heterocycles. The first kappa shape index (κ1) is 12.7. The van der Waals surface area contributed by atoms with E-state index in [1.165, 1.54) is 0 Å². The Hall–Kier alpha value is -1.75. The molecule has 18 heavy (non-hydrogen) atoms. The van der Waals surface area contributed by atoms with Crippen LogP contribution in [-0.2, 0) is 0 Å². The van der Waals surface area contributed by atoms with E-state index >= 15 is 0 Å². The van der Waals surface area contributed by atoms with Crippen LogP contribution >= 0.6 is 0 Å². The number of carbonyl (C=O) groups excluding carboxylic acids is 1. The van der Waals surface area contributed by atoms with Crippen molar-refractivity contribution in [2.75, 3.05) is 27.3 Å². The number of nitrogens with zero attached hydrogens (tertiary/aromatic N) is 1. The molecule has 1 aliphatic rings. The first-order valence-corrected chi connectivity index (χ1v) is 5.77. The van der Waals surface area contributed by atoms with E-state index in [0.717, 1.165) is 0 Å². The van der Waals surface area contributed by atoms with Gasteiger partial charge in [-0.2, -0.15) is 0 Å². The SMILES string of the molecule is COc1ccc(OC)c(C(=O)N2CC(C)(N)C2)c1. The van der Waals surface area contributed by atoms with Crippen molar-refractivity contribution < 1.29 is 14.3 Å². The summed E-state index contributed by atoms with van der Waals surface area (Å²) < 4.78 is 10.3. The molecule has 0 radical (unpaired) electrons. The maximum absolute atomic E-state index is 12.3. The molecule has 2 N–H and O–H groups in total. The van der Waals surface area contributed by atoms with E-state index < -0.39 is 0 Å². The van der Waals surface area contributed by atoms with Gasteiger partial charge >= 0.3 is 0 Å². The standard InChI is InChI=1S/C13H18N2O3/c1-13(14)7-15(8-13)12(16)10-6-9(17-2)4-5-11(10)18-3/h4-6H,7-8,14H2,1-3H3. The van der Waals surface area contributed by atoms with Gasteiger partial charge in [-0.15, -0.1) is 0 Å². The Morgan fingerprint density at radius 2 is 2.00 bits per heavy atom. The van der Waals surface area contributed by atoms with Crippen LogP contribution in [0.2, 0.25) is 0 Å². The van der Waals surface area contributed by atoms with E-state index in [1.807, 2.05) is 6.92 Å². The lowest BCUT2D eigenvalue weighted by molar-refractivity contribution is 0.0450. The second-order valence-corrected chi connectivity index (χ2v) is 4.88. The molecule has 0 aromatic heterocycles. The van der Waals surface area contributed by atoms with E-state index in [1.54, 1.807) is 37.3 Å². The fourth-order valence-corrected chi connectivity index (χ4v) is 2.12. The maximum atomic E-state index is 12.3. The van der Waals surface area contributed by atoms with Crippen molar-refractivity contribution in [1.29, 1.82) is 0 Å². The van der Waals surface area contributed by atoms with Crippen molar-refractivity contribution in [3.63, 3.8) is 0 Å². The van der Waals surface area contributed by atoms with Gasteiger partial charge in [0.05, 0.1) is 19.8 Å². The fraction of sp³-hybridized carbons (Fsp3) is 0.462. The fourth-order valence-electron chi connectivity index (χ4n) is 2.12. The smallest absolute Gasteiger partial charge is 0.257 e. The highest BCUT2D eigenvalue weighted by molar-refractivity contribution is 5.98. The molecular weight excluding hydrogens is 232 g/mol. The van der Waals surface area contributed by atoms with Gasteiger partial charge < -0.3 is 20.1 Å².